The normalized spacial score (nSPS) is 16.5. The van der Waals surface area contributed by atoms with Crippen LogP contribution in [0, 0.1) is 0 Å². The van der Waals surface area contributed by atoms with E-state index in [9.17, 15) is 14.7 Å². The maximum Gasteiger partial charge on any atom is 0.410 e. The van der Waals surface area contributed by atoms with Crippen LogP contribution in [0.4, 0.5) is 9.59 Å². The predicted octanol–water partition coefficient (Wildman–Crippen LogP) is 4.89. The molecule has 2 aliphatic heterocycles. The van der Waals surface area contributed by atoms with Crippen molar-refractivity contribution in [2.24, 2.45) is 0 Å². The van der Waals surface area contributed by atoms with Crippen LogP contribution in [0.25, 0.3) is 0 Å². The van der Waals surface area contributed by atoms with Gasteiger partial charge in [-0.25, -0.2) is 9.59 Å². The van der Waals surface area contributed by atoms with Gasteiger partial charge >= 0.3 is 12.2 Å². The second-order valence-electron chi connectivity index (χ2n) is 9.69. The highest BCUT2D eigenvalue weighted by Crippen LogP contribution is 2.29. The van der Waals surface area contributed by atoms with Gasteiger partial charge in [0.05, 0.1) is 6.61 Å². The number of hydrogen-bond acceptors (Lipinski definition) is 5. The number of nitrogens with zero attached hydrogens (tertiary/aromatic N) is 3. The third-order valence-corrected chi connectivity index (χ3v) is 7.16. The Labute approximate surface area is 223 Å². The summed E-state index contributed by atoms with van der Waals surface area (Å²) >= 11 is 0. The lowest BCUT2D eigenvalue weighted by Crippen LogP contribution is -2.50. The molecule has 2 aliphatic rings. The van der Waals surface area contributed by atoms with Crippen molar-refractivity contribution in [2.75, 3.05) is 32.7 Å². The van der Waals surface area contributed by atoms with E-state index in [2.05, 4.69) is 11.0 Å². The molecule has 2 amide bonds. The molecule has 0 bridgehead atoms. The molecule has 3 aromatic rings. The molecule has 3 aromatic carbocycles. The highest BCUT2D eigenvalue weighted by Gasteiger charge is 2.29. The lowest BCUT2D eigenvalue weighted by molar-refractivity contribution is -0.0863. The van der Waals surface area contributed by atoms with E-state index in [1.54, 1.807) is 4.90 Å². The van der Waals surface area contributed by atoms with Crippen LogP contribution >= 0.6 is 0 Å². The topological polar surface area (TPSA) is 82.5 Å². The molecule has 1 N–H and O–H groups in total. The fourth-order valence-corrected chi connectivity index (χ4v) is 5.00. The lowest BCUT2D eigenvalue weighted by Gasteiger charge is -2.39. The predicted molar refractivity (Wildman–Crippen MR) is 142 cm³/mol. The van der Waals surface area contributed by atoms with Crippen LogP contribution in [0.3, 0.4) is 0 Å². The Bertz CT molecular complexity index is 1230. The lowest BCUT2D eigenvalue weighted by atomic mass is 9.96. The molecule has 2 heterocycles. The summed E-state index contributed by atoms with van der Waals surface area (Å²) in [5, 5.41) is 9.37. The van der Waals surface area contributed by atoms with E-state index < -0.39 is 6.09 Å². The number of fused-ring (bicyclic) bond motifs is 1. The first-order valence-corrected chi connectivity index (χ1v) is 13.0. The van der Waals surface area contributed by atoms with Crippen molar-refractivity contribution in [3.63, 3.8) is 0 Å². The van der Waals surface area contributed by atoms with Crippen LogP contribution in [-0.2, 0) is 35.7 Å². The molecule has 1 saturated heterocycles. The summed E-state index contributed by atoms with van der Waals surface area (Å²) in [7, 11) is 0. The third-order valence-electron chi connectivity index (χ3n) is 7.16. The molecular formula is C30H33N3O5. The number of rotatable bonds is 7. The molecule has 8 nitrogen and oxygen atoms in total. The molecule has 0 radical (unpaired) electrons. The van der Waals surface area contributed by atoms with E-state index in [4.69, 9.17) is 9.47 Å². The van der Waals surface area contributed by atoms with Crippen molar-refractivity contribution >= 4 is 12.2 Å². The minimum absolute atomic E-state index is 0.261. The molecule has 1 fully saturated rings. The minimum atomic E-state index is -0.885. The smallest absolute Gasteiger partial charge is 0.410 e. The first kappa shape index (κ1) is 25.8. The molecule has 0 saturated carbocycles. The number of piperazine rings is 1. The summed E-state index contributed by atoms with van der Waals surface area (Å²) in [5.41, 5.74) is 5.30. The van der Waals surface area contributed by atoms with Gasteiger partial charge in [-0.1, -0.05) is 78.9 Å². The fraction of sp³-hybridized carbons (Fsp3) is 0.333. The summed E-state index contributed by atoms with van der Waals surface area (Å²) in [6.45, 7) is 4.05. The second-order valence-corrected chi connectivity index (χ2v) is 9.69. The van der Waals surface area contributed by atoms with Crippen molar-refractivity contribution in [1.82, 2.24) is 14.7 Å². The maximum atomic E-state index is 12.7. The first-order valence-electron chi connectivity index (χ1n) is 13.0. The van der Waals surface area contributed by atoms with E-state index in [0.29, 0.717) is 52.3 Å². The Hall–Kier alpha value is -3.88. The Kier molecular flexibility index (Phi) is 8.21. The van der Waals surface area contributed by atoms with Gasteiger partial charge in [0.25, 0.3) is 0 Å². The van der Waals surface area contributed by atoms with Gasteiger partial charge in [-0.3, -0.25) is 4.90 Å². The van der Waals surface area contributed by atoms with E-state index in [-0.39, 0.29) is 18.9 Å². The summed E-state index contributed by atoms with van der Waals surface area (Å²) in [4.78, 5) is 29.5. The number of amides is 2. The maximum absolute atomic E-state index is 12.7. The van der Waals surface area contributed by atoms with E-state index in [1.807, 2.05) is 72.8 Å². The molecule has 1 unspecified atom stereocenters. The number of hydrogen-bond donors (Lipinski definition) is 1. The number of benzene rings is 3. The average molecular weight is 516 g/mol. The Balaban J connectivity index is 1.26. The highest BCUT2D eigenvalue weighted by molar-refractivity contribution is 5.67. The molecule has 0 aliphatic carbocycles. The van der Waals surface area contributed by atoms with Crippen molar-refractivity contribution in [3.05, 3.63) is 107 Å². The molecule has 5 rings (SSSR count). The zero-order valence-corrected chi connectivity index (χ0v) is 21.4. The zero-order valence-electron chi connectivity index (χ0n) is 21.4. The van der Waals surface area contributed by atoms with Gasteiger partial charge in [0.2, 0.25) is 0 Å². The zero-order chi connectivity index (χ0) is 26.3. The van der Waals surface area contributed by atoms with Gasteiger partial charge in [0, 0.05) is 39.3 Å². The Morgan fingerprint density at radius 2 is 1.42 bits per heavy atom. The summed E-state index contributed by atoms with van der Waals surface area (Å²) in [6, 6.07) is 26.0. The molecule has 0 aromatic heterocycles. The third kappa shape index (κ3) is 6.33. The van der Waals surface area contributed by atoms with Gasteiger partial charge in [-0.15, -0.1) is 0 Å². The summed E-state index contributed by atoms with van der Waals surface area (Å²) in [6.07, 6.45) is -0.779. The quantitative estimate of drug-likeness (QED) is 0.482. The SMILES string of the molecule is O=C(O)N1CCc2cc(C(OCc3ccccc3)N3CCN(C(=O)OCc4ccccc4)CC3)ccc2C1. The molecule has 0 spiro atoms. The van der Waals surface area contributed by atoms with Gasteiger partial charge < -0.3 is 24.4 Å². The molecule has 8 heteroatoms. The minimum Gasteiger partial charge on any atom is -0.465 e. The van der Waals surface area contributed by atoms with E-state index in [0.717, 1.165) is 27.8 Å². The summed E-state index contributed by atoms with van der Waals surface area (Å²) in [5.74, 6) is 0. The van der Waals surface area contributed by atoms with Gasteiger partial charge in [-0.2, -0.15) is 0 Å². The number of carbonyl (C=O) groups excluding carboxylic acids is 1. The van der Waals surface area contributed by atoms with Gasteiger partial charge in [-0.05, 0) is 34.2 Å². The Morgan fingerprint density at radius 3 is 2.08 bits per heavy atom. The number of carbonyl (C=O) groups is 2. The number of ether oxygens (including phenoxy) is 2. The van der Waals surface area contributed by atoms with Gasteiger partial charge in [0.15, 0.2) is 0 Å². The van der Waals surface area contributed by atoms with Gasteiger partial charge in [0.1, 0.15) is 12.8 Å². The van der Waals surface area contributed by atoms with Crippen LogP contribution in [0.2, 0.25) is 0 Å². The van der Waals surface area contributed by atoms with Crippen molar-refractivity contribution < 1.29 is 24.2 Å². The van der Waals surface area contributed by atoms with E-state index >= 15 is 0 Å². The van der Waals surface area contributed by atoms with Crippen LogP contribution < -0.4 is 0 Å². The van der Waals surface area contributed by atoms with Crippen molar-refractivity contribution in [3.8, 4) is 0 Å². The highest BCUT2D eigenvalue weighted by atomic mass is 16.6. The van der Waals surface area contributed by atoms with Crippen molar-refractivity contribution in [2.45, 2.75) is 32.4 Å². The molecule has 198 valence electrons. The van der Waals surface area contributed by atoms with Crippen LogP contribution in [-0.4, -0.2) is 64.7 Å². The standard InChI is InChI=1S/C30H33N3O5/c34-29(35)33-14-13-25-19-26(11-12-27(25)20-33)28(37-21-23-7-3-1-4-8-23)31-15-17-32(18-16-31)30(36)38-22-24-9-5-2-6-10-24/h1-12,19,28H,13-18,20-22H2,(H,34,35). The first-order chi connectivity index (χ1) is 18.6. The van der Waals surface area contributed by atoms with Crippen LogP contribution in [0.15, 0.2) is 78.9 Å². The fourth-order valence-electron chi connectivity index (χ4n) is 5.00. The molecule has 38 heavy (non-hydrogen) atoms. The number of carboxylic acid groups (broad SMARTS) is 1. The largest absolute Gasteiger partial charge is 0.465 e. The summed E-state index contributed by atoms with van der Waals surface area (Å²) < 4.78 is 12.0. The second kappa shape index (κ2) is 12.1. The van der Waals surface area contributed by atoms with E-state index in [1.165, 1.54) is 4.90 Å². The molecular weight excluding hydrogens is 482 g/mol. The molecule has 1 atom stereocenters. The Morgan fingerprint density at radius 1 is 0.763 bits per heavy atom. The van der Waals surface area contributed by atoms with Crippen LogP contribution in [0.1, 0.15) is 34.0 Å². The average Bonchev–Trinajstić information content (AvgIpc) is 2.97. The monoisotopic (exact) mass is 515 g/mol. The van der Waals surface area contributed by atoms with Crippen molar-refractivity contribution in [1.29, 1.82) is 0 Å². The van der Waals surface area contributed by atoms with Crippen LogP contribution in [0.5, 0.6) is 0 Å².